The van der Waals surface area contributed by atoms with E-state index in [1.54, 1.807) is 26.0 Å². The normalized spacial score (nSPS) is 10.7. The molecule has 0 amide bonds. The summed E-state index contributed by atoms with van der Waals surface area (Å²) in [6, 6.07) is 3.36. The summed E-state index contributed by atoms with van der Waals surface area (Å²) in [6.45, 7) is 3.63. The van der Waals surface area contributed by atoms with E-state index in [1.807, 2.05) is 0 Å². The van der Waals surface area contributed by atoms with Crippen LogP contribution in [0.4, 0.5) is 5.82 Å². The van der Waals surface area contributed by atoms with E-state index in [0.717, 1.165) is 0 Å². The van der Waals surface area contributed by atoms with Gasteiger partial charge in [0.05, 0.1) is 6.61 Å². The van der Waals surface area contributed by atoms with Crippen LogP contribution < -0.4 is 5.32 Å². The van der Waals surface area contributed by atoms with Crippen LogP contribution in [0.3, 0.4) is 0 Å². The van der Waals surface area contributed by atoms with Gasteiger partial charge in [-0.3, -0.25) is 0 Å². The molecule has 0 aliphatic heterocycles. The smallest absolute Gasteiger partial charge is 0.350 e. The maximum Gasteiger partial charge on any atom is 0.350 e. The number of aromatic nitrogens is 1. The van der Waals surface area contributed by atoms with Gasteiger partial charge in [0.2, 0.25) is 0 Å². The summed E-state index contributed by atoms with van der Waals surface area (Å²) >= 11 is 0. The summed E-state index contributed by atoms with van der Waals surface area (Å²) < 4.78 is 9.47. The maximum atomic E-state index is 11.2. The fourth-order valence-corrected chi connectivity index (χ4v) is 0.926. The van der Waals surface area contributed by atoms with E-state index in [2.05, 4.69) is 15.2 Å². The van der Waals surface area contributed by atoms with E-state index >= 15 is 0 Å². The third kappa shape index (κ3) is 3.13. The number of nitriles is 1. The Balaban J connectivity index is 2.67. The van der Waals surface area contributed by atoms with Crippen molar-refractivity contribution in [2.45, 2.75) is 13.8 Å². The highest BCUT2D eigenvalue weighted by Gasteiger charge is 2.09. The summed E-state index contributed by atoms with van der Waals surface area (Å²) in [6.07, 6.45) is 1.23. The number of nitrogens with one attached hydrogen (secondary N) is 1. The van der Waals surface area contributed by atoms with E-state index in [0.29, 0.717) is 11.6 Å². The molecule has 0 spiro atoms. The molecule has 0 unspecified atom stereocenters. The van der Waals surface area contributed by atoms with Gasteiger partial charge in [0.15, 0.2) is 11.4 Å². The molecular weight excluding hydrogens is 210 g/mol. The molecule has 0 saturated heterocycles. The van der Waals surface area contributed by atoms with Crippen molar-refractivity contribution in [3.63, 3.8) is 0 Å². The molecule has 0 bridgehead atoms. The number of carbonyl (C=O) groups excluding carboxylic acids is 1. The van der Waals surface area contributed by atoms with Crippen molar-refractivity contribution in [2.75, 3.05) is 11.9 Å². The van der Waals surface area contributed by atoms with Crippen LogP contribution >= 0.6 is 0 Å². The second-order valence-corrected chi connectivity index (χ2v) is 2.86. The third-order valence-corrected chi connectivity index (χ3v) is 1.61. The molecule has 1 rings (SSSR count). The Hall–Kier alpha value is -2.29. The number of anilines is 1. The third-order valence-electron chi connectivity index (χ3n) is 1.61. The number of nitrogens with zero attached hydrogens (tertiary/aromatic N) is 2. The minimum absolute atomic E-state index is 0.123. The van der Waals surface area contributed by atoms with Gasteiger partial charge < -0.3 is 14.6 Å². The van der Waals surface area contributed by atoms with Crippen molar-refractivity contribution >= 4 is 11.8 Å². The molecule has 0 aliphatic rings. The molecule has 6 heteroatoms. The monoisotopic (exact) mass is 221 g/mol. The van der Waals surface area contributed by atoms with E-state index in [9.17, 15) is 4.79 Å². The second-order valence-electron chi connectivity index (χ2n) is 2.86. The molecule has 6 nitrogen and oxygen atoms in total. The lowest BCUT2D eigenvalue weighted by atomic mass is 10.3. The molecule has 0 radical (unpaired) electrons. The summed E-state index contributed by atoms with van der Waals surface area (Å²) in [5.41, 5.74) is -0.123. The number of ether oxygens (including phenoxy) is 1. The van der Waals surface area contributed by atoms with Crippen molar-refractivity contribution in [3.8, 4) is 6.07 Å². The zero-order chi connectivity index (χ0) is 12.0. The Bertz CT molecular complexity index is 442. The molecule has 0 fully saturated rings. The summed E-state index contributed by atoms with van der Waals surface area (Å²) in [7, 11) is 0. The molecule has 0 aliphatic carbocycles. The number of carbonyl (C=O) groups is 1. The Morgan fingerprint density at radius 1 is 1.81 bits per heavy atom. The average Bonchev–Trinajstić information content (AvgIpc) is 2.65. The number of hydrogen-bond acceptors (Lipinski definition) is 6. The summed E-state index contributed by atoms with van der Waals surface area (Å²) in [4.78, 5) is 11.2. The standard InChI is InChI=1S/C10H11N3O3/c1-3-15-10(14)8(5-11)6-12-9-4-7(2)16-13-9/h4,6H,3H2,1-2H3,(H,12,13)/b8-6+. The van der Waals surface area contributed by atoms with Gasteiger partial charge in [-0.25, -0.2) is 4.79 Å². The molecule has 1 aromatic rings. The second kappa shape index (κ2) is 5.56. The van der Waals surface area contributed by atoms with E-state index in [1.165, 1.54) is 6.20 Å². The lowest BCUT2D eigenvalue weighted by Crippen LogP contribution is -2.07. The Morgan fingerprint density at radius 2 is 2.56 bits per heavy atom. The highest BCUT2D eigenvalue weighted by Crippen LogP contribution is 2.07. The SMILES string of the molecule is CCOC(=O)/C(C#N)=C/Nc1cc(C)on1. The molecule has 0 atom stereocenters. The first-order chi connectivity index (χ1) is 7.67. The van der Waals surface area contributed by atoms with Crippen molar-refractivity contribution in [1.29, 1.82) is 5.26 Å². The molecule has 1 aromatic heterocycles. The predicted octanol–water partition coefficient (Wildman–Crippen LogP) is 1.37. The fourth-order valence-electron chi connectivity index (χ4n) is 0.926. The van der Waals surface area contributed by atoms with Crippen LogP contribution in [-0.4, -0.2) is 17.7 Å². The van der Waals surface area contributed by atoms with E-state index in [-0.39, 0.29) is 12.2 Å². The summed E-state index contributed by atoms with van der Waals surface area (Å²) in [5, 5.41) is 15.0. The van der Waals surface area contributed by atoms with Gasteiger partial charge in [0, 0.05) is 12.3 Å². The van der Waals surface area contributed by atoms with Crippen molar-refractivity contribution in [3.05, 3.63) is 23.6 Å². The molecule has 0 saturated carbocycles. The minimum atomic E-state index is -0.669. The topological polar surface area (TPSA) is 88.2 Å². The fraction of sp³-hybridized carbons (Fsp3) is 0.300. The van der Waals surface area contributed by atoms with Crippen LogP contribution in [0.25, 0.3) is 0 Å². The minimum Gasteiger partial charge on any atom is -0.462 e. The van der Waals surface area contributed by atoms with Crippen LogP contribution in [0.5, 0.6) is 0 Å². The van der Waals surface area contributed by atoms with Gasteiger partial charge in [-0.1, -0.05) is 5.16 Å². The van der Waals surface area contributed by atoms with Gasteiger partial charge in [-0.05, 0) is 13.8 Å². The van der Waals surface area contributed by atoms with Crippen molar-refractivity contribution in [2.24, 2.45) is 0 Å². The average molecular weight is 221 g/mol. The van der Waals surface area contributed by atoms with Crippen LogP contribution in [0.2, 0.25) is 0 Å². The molecule has 0 aromatic carbocycles. The Kier molecular flexibility index (Phi) is 4.09. The van der Waals surface area contributed by atoms with Gasteiger partial charge in [0.1, 0.15) is 11.8 Å². The maximum absolute atomic E-state index is 11.2. The lowest BCUT2D eigenvalue weighted by molar-refractivity contribution is -0.138. The summed E-state index contributed by atoms with van der Waals surface area (Å²) in [5.74, 6) is 0.387. The lowest BCUT2D eigenvalue weighted by Gasteiger charge is -1.99. The van der Waals surface area contributed by atoms with Crippen LogP contribution in [0.1, 0.15) is 12.7 Å². The first kappa shape index (κ1) is 11.8. The zero-order valence-corrected chi connectivity index (χ0v) is 8.98. The molecule has 16 heavy (non-hydrogen) atoms. The van der Waals surface area contributed by atoms with Crippen LogP contribution in [0.15, 0.2) is 22.4 Å². The van der Waals surface area contributed by atoms with Gasteiger partial charge in [0.25, 0.3) is 0 Å². The van der Waals surface area contributed by atoms with Gasteiger partial charge in [-0.15, -0.1) is 0 Å². The highest BCUT2D eigenvalue weighted by atomic mass is 16.5. The quantitative estimate of drug-likeness (QED) is 0.469. The van der Waals surface area contributed by atoms with Crippen molar-refractivity contribution in [1.82, 2.24) is 5.16 Å². The zero-order valence-electron chi connectivity index (χ0n) is 8.98. The largest absolute Gasteiger partial charge is 0.462 e. The van der Waals surface area contributed by atoms with Gasteiger partial charge >= 0.3 is 5.97 Å². The number of hydrogen-bond donors (Lipinski definition) is 1. The number of esters is 1. The van der Waals surface area contributed by atoms with Gasteiger partial charge in [-0.2, -0.15) is 5.26 Å². The van der Waals surface area contributed by atoms with E-state index < -0.39 is 5.97 Å². The van der Waals surface area contributed by atoms with Crippen LogP contribution in [-0.2, 0) is 9.53 Å². The first-order valence-electron chi connectivity index (χ1n) is 4.64. The molecule has 1 N–H and O–H groups in total. The molecule has 1 heterocycles. The number of rotatable bonds is 4. The Morgan fingerprint density at radius 3 is 3.06 bits per heavy atom. The first-order valence-corrected chi connectivity index (χ1v) is 4.64. The number of aryl methyl sites for hydroxylation is 1. The van der Waals surface area contributed by atoms with Crippen molar-refractivity contribution < 1.29 is 14.1 Å². The highest BCUT2D eigenvalue weighted by molar-refractivity contribution is 5.93. The van der Waals surface area contributed by atoms with Crippen LogP contribution in [0, 0.1) is 18.3 Å². The Labute approximate surface area is 92.5 Å². The predicted molar refractivity (Wildman–Crippen MR) is 55.2 cm³/mol. The molecule has 84 valence electrons. The van der Waals surface area contributed by atoms with E-state index in [4.69, 9.17) is 9.78 Å². The molecular formula is C10H11N3O3.